The molecule has 1 unspecified atom stereocenters. The summed E-state index contributed by atoms with van der Waals surface area (Å²) in [6.45, 7) is 1.94. The minimum Gasteiger partial charge on any atom is -0.368 e. The Labute approximate surface area is 122 Å². The predicted octanol–water partition coefficient (Wildman–Crippen LogP) is 4.53. The van der Waals surface area contributed by atoms with Crippen molar-refractivity contribution in [3.05, 3.63) is 59.8 Å². The summed E-state index contributed by atoms with van der Waals surface area (Å²) in [5, 5.41) is 3.01. The number of hydrogen-bond donors (Lipinski definition) is 1. The smallest absolute Gasteiger partial charge is 0.368 e. The number of nitrogens with one attached hydrogen (secondary N) is 1. The van der Waals surface area contributed by atoms with Gasteiger partial charge in [-0.15, -0.1) is 0 Å². The van der Waals surface area contributed by atoms with Crippen molar-refractivity contribution < 1.29 is 13.2 Å². The van der Waals surface area contributed by atoms with E-state index in [-0.39, 0.29) is 11.9 Å². The van der Waals surface area contributed by atoms with E-state index < -0.39 is 11.9 Å². The van der Waals surface area contributed by atoms with Crippen molar-refractivity contribution in [3.8, 4) is 0 Å². The van der Waals surface area contributed by atoms with E-state index in [1.54, 1.807) is 6.07 Å². The van der Waals surface area contributed by atoms with Crippen LogP contribution in [0.25, 0.3) is 0 Å². The monoisotopic (exact) mass is 294 g/mol. The fourth-order valence-corrected chi connectivity index (χ4v) is 2.03. The van der Waals surface area contributed by atoms with Gasteiger partial charge < -0.3 is 5.32 Å². The Morgan fingerprint density at radius 2 is 1.76 bits per heavy atom. The van der Waals surface area contributed by atoms with Crippen LogP contribution in [-0.4, -0.2) is 11.0 Å². The molecule has 2 aromatic rings. The molecule has 0 saturated carbocycles. The first kappa shape index (κ1) is 15.4. The third-order valence-electron chi connectivity index (χ3n) is 3.14. The fourth-order valence-electron chi connectivity index (χ4n) is 2.03. The number of nitrogens with zero attached hydrogens (tertiary/aromatic N) is 1. The Morgan fingerprint density at radius 3 is 2.43 bits per heavy atom. The number of aryl methyl sites for hydroxylation is 1. The lowest BCUT2D eigenvalue weighted by Gasteiger charge is -2.15. The van der Waals surface area contributed by atoms with Gasteiger partial charge in [0.05, 0.1) is 0 Å². The Kier molecular flexibility index (Phi) is 4.83. The summed E-state index contributed by atoms with van der Waals surface area (Å²) in [4.78, 5) is 3.60. The Bertz CT molecular complexity index is 567. The van der Waals surface area contributed by atoms with E-state index in [0.29, 0.717) is 0 Å². The largest absolute Gasteiger partial charge is 0.433 e. The van der Waals surface area contributed by atoms with Crippen LogP contribution < -0.4 is 5.32 Å². The van der Waals surface area contributed by atoms with Crippen molar-refractivity contribution in [2.24, 2.45) is 0 Å². The van der Waals surface area contributed by atoms with Gasteiger partial charge in [-0.05, 0) is 37.5 Å². The van der Waals surface area contributed by atoms with Crippen molar-refractivity contribution in [1.82, 2.24) is 4.98 Å². The molecule has 112 valence electrons. The van der Waals surface area contributed by atoms with Gasteiger partial charge in [-0.25, -0.2) is 4.98 Å². The zero-order valence-electron chi connectivity index (χ0n) is 11.7. The zero-order chi connectivity index (χ0) is 15.3. The SMILES string of the molecule is CC(CCc1ccccc1)Nc1cccc(C(F)(F)F)n1. The Hall–Kier alpha value is -2.04. The molecule has 0 radical (unpaired) electrons. The molecular weight excluding hydrogens is 277 g/mol. The highest BCUT2D eigenvalue weighted by atomic mass is 19.4. The average Bonchev–Trinajstić information content (AvgIpc) is 2.46. The fraction of sp³-hybridized carbons (Fsp3) is 0.312. The molecule has 0 aliphatic carbocycles. The molecule has 5 heteroatoms. The van der Waals surface area contributed by atoms with Gasteiger partial charge in [0.1, 0.15) is 11.5 Å². The number of halogens is 3. The number of anilines is 1. The summed E-state index contributed by atoms with van der Waals surface area (Å²) in [5.74, 6) is 0.255. The Balaban J connectivity index is 1.92. The maximum atomic E-state index is 12.6. The minimum absolute atomic E-state index is 0.0428. The molecule has 1 aromatic heterocycles. The maximum absolute atomic E-state index is 12.6. The molecule has 1 aromatic carbocycles. The van der Waals surface area contributed by atoms with Gasteiger partial charge >= 0.3 is 6.18 Å². The van der Waals surface area contributed by atoms with E-state index >= 15 is 0 Å². The summed E-state index contributed by atoms with van der Waals surface area (Å²) in [6.07, 6.45) is -2.72. The second kappa shape index (κ2) is 6.61. The minimum atomic E-state index is -4.41. The van der Waals surface area contributed by atoms with Gasteiger partial charge in [-0.3, -0.25) is 0 Å². The second-order valence-corrected chi connectivity index (χ2v) is 4.98. The highest BCUT2D eigenvalue weighted by Crippen LogP contribution is 2.28. The standard InChI is InChI=1S/C16H17F3N2/c1-12(10-11-13-6-3-2-4-7-13)20-15-9-5-8-14(21-15)16(17,18)19/h2-9,12H,10-11H2,1H3,(H,20,21). The first-order chi connectivity index (χ1) is 9.95. The van der Waals surface area contributed by atoms with Gasteiger partial charge in [-0.1, -0.05) is 36.4 Å². The molecule has 2 nitrogen and oxygen atoms in total. The lowest BCUT2D eigenvalue weighted by atomic mass is 10.1. The van der Waals surface area contributed by atoms with E-state index in [1.165, 1.54) is 11.6 Å². The normalized spacial score (nSPS) is 13.0. The molecule has 1 N–H and O–H groups in total. The summed E-state index contributed by atoms with van der Waals surface area (Å²) in [6, 6.07) is 13.9. The lowest BCUT2D eigenvalue weighted by molar-refractivity contribution is -0.141. The predicted molar refractivity (Wildman–Crippen MR) is 77.1 cm³/mol. The number of pyridine rings is 1. The maximum Gasteiger partial charge on any atom is 0.433 e. The van der Waals surface area contributed by atoms with E-state index in [0.717, 1.165) is 18.9 Å². The van der Waals surface area contributed by atoms with Crippen LogP contribution in [0.4, 0.5) is 19.0 Å². The van der Waals surface area contributed by atoms with Crippen LogP contribution in [0.2, 0.25) is 0 Å². The number of rotatable bonds is 5. The molecule has 1 atom stereocenters. The van der Waals surface area contributed by atoms with Crippen LogP contribution in [0.15, 0.2) is 48.5 Å². The van der Waals surface area contributed by atoms with Crippen LogP contribution in [0.3, 0.4) is 0 Å². The summed E-state index contributed by atoms with van der Waals surface area (Å²) in [5.41, 5.74) is 0.339. The van der Waals surface area contributed by atoms with Gasteiger partial charge in [-0.2, -0.15) is 13.2 Å². The van der Waals surface area contributed by atoms with Crippen LogP contribution in [0, 0.1) is 0 Å². The number of benzene rings is 1. The van der Waals surface area contributed by atoms with Gasteiger partial charge in [0, 0.05) is 6.04 Å². The van der Waals surface area contributed by atoms with Crippen molar-refractivity contribution in [2.45, 2.75) is 32.0 Å². The molecule has 0 bridgehead atoms. The van der Waals surface area contributed by atoms with E-state index in [4.69, 9.17) is 0 Å². The third kappa shape index (κ3) is 4.77. The summed E-state index contributed by atoms with van der Waals surface area (Å²) < 4.78 is 37.8. The number of hydrogen-bond acceptors (Lipinski definition) is 2. The van der Waals surface area contributed by atoms with Gasteiger partial charge in [0.2, 0.25) is 0 Å². The first-order valence-electron chi connectivity index (χ1n) is 6.80. The highest BCUT2D eigenvalue weighted by molar-refractivity contribution is 5.37. The molecule has 0 aliphatic rings. The van der Waals surface area contributed by atoms with Crippen LogP contribution in [-0.2, 0) is 12.6 Å². The molecule has 0 amide bonds. The number of alkyl halides is 3. The molecule has 0 aliphatic heterocycles. The van der Waals surface area contributed by atoms with Crippen LogP contribution >= 0.6 is 0 Å². The van der Waals surface area contributed by atoms with Crippen LogP contribution in [0.5, 0.6) is 0 Å². The molecule has 2 rings (SSSR count). The molecule has 21 heavy (non-hydrogen) atoms. The topological polar surface area (TPSA) is 24.9 Å². The summed E-state index contributed by atoms with van der Waals surface area (Å²) in [7, 11) is 0. The number of aromatic nitrogens is 1. The van der Waals surface area contributed by atoms with Crippen molar-refractivity contribution in [3.63, 3.8) is 0 Å². The van der Waals surface area contributed by atoms with E-state index in [2.05, 4.69) is 10.3 Å². The van der Waals surface area contributed by atoms with Crippen molar-refractivity contribution in [1.29, 1.82) is 0 Å². The quantitative estimate of drug-likeness (QED) is 0.876. The Morgan fingerprint density at radius 1 is 1.05 bits per heavy atom. The zero-order valence-corrected chi connectivity index (χ0v) is 11.7. The van der Waals surface area contributed by atoms with E-state index in [1.807, 2.05) is 37.3 Å². The summed E-state index contributed by atoms with van der Waals surface area (Å²) >= 11 is 0. The van der Waals surface area contributed by atoms with Crippen molar-refractivity contribution in [2.75, 3.05) is 5.32 Å². The van der Waals surface area contributed by atoms with Crippen LogP contribution in [0.1, 0.15) is 24.6 Å². The third-order valence-corrected chi connectivity index (χ3v) is 3.14. The molecule has 1 heterocycles. The van der Waals surface area contributed by atoms with E-state index in [9.17, 15) is 13.2 Å². The molecule has 0 saturated heterocycles. The second-order valence-electron chi connectivity index (χ2n) is 4.98. The van der Waals surface area contributed by atoms with Gasteiger partial charge in [0.25, 0.3) is 0 Å². The first-order valence-corrected chi connectivity index (χ1v) is 6.80. The van der Waals surface area contributed by atoms with Gasteiger partial charge in [0.15, 0.2) is 0 Å². The average molecular weight is 294 g/mol. The molecular formula is C16H17F3N2. The molecule has 0 spiro atoms. The highest BCUT2D eigenvalue weighted by Gasteiger charge is 2.32. The van der Waals surface area contributed by atoms with Crippen molar-refractivity contribution >= 4 is 5.82 Å². The lowest BCUT2D eigenvalue weighted by Crippen LogP contribution is -2.18. The molecule has 0 fully saturated rings.